The van der Waals surface area contributed by atoms with Crippen LogP contribution in [0, 0.1) is 0 Å². The normalized spacial score (nSPS) is 21.5. The molecule has 1 fully saturated rings. The zero-order chi connectivity index (χ0) is 11.3. The average molecular weight is 215 g/mol. The molecule has 1 rings (SSSR count). The van der Waals surface area contributed by atoms with Gasteiger partial charge in [0.1, 0.15) is 0 Å². The van der Waals surface area contributed by atoms with E-state index in [1.807, 2.05) is 0 Å². The number of aliphatic carboxylic acids is 1. The Kier molecular flexibility index (Phi) is 4.54. The quantitative estimate of drug-likeness (QED) is 0.703. The van der Waals surface area contributed by atoms with E-state index in [1.165, 1.54) is 0 Å². The van der Waals surface area contributed by atoms with E-state index in [0.717, 1.165) is 39.1 Å². The van der Waals surface area contributed by atoms with Gasteiger partial charge in [0.15, 0.2) is 0 Å². The first kappa shape index (κ1) is 12.5. The first-order valence-electron chi connectivity index (χ1n) is 5.57. The second kappa shape index (κ2) is 5.47. The van der Waals surface area contributed by atoms with Crippen molar-refractivity contribution in [2.75, 3.05) is 26.3 Å². The molecular weight excluding hydrogens is 194 g/mol. The SMILES string of the molecule is CC1(C)COCCN1CCCCC(=O)O. The van der Waals surface area contributed by atoms with Crippen LogP contribution in [0.1, 0.15) is 33.1 Å². The molecule has 1 N–H and O–H groups in total. The summed E-state index contributed by atoms with van der Waals surface area (Å²) in [6, 6.07) is 0. The first-order valence-corrected chi connectivity index (χ1v) is 5.57. The molecule has 0 radical (unpaired) electrons. The summed E-state index contributed by atoms with van der Waals surface area (Å²) >= 11 is 0. The summed E-state index contributed by atoms with van der Waals surface area (Å²) in [6.45, 7) is 7.84. The molecule has 0 atom stereocenters. The predicted octanol–water partition coefficient (Wildman–Crippen LogP) is 1.35. The number of unbranched alkanes of at least 4 members (excludes halogenated alkanes) is 1. The molecule has 0 aromatic heterocycles. The number of rotatable bonds is 5. The van der Waals surface area contributed by atoms with Gasteiger partial charge in [0, 0.05) is 18.5 Å². The number of carboxylic acid groups (broad SMARTS) is 1. The monoisotopic (exact) mass is 215 g/mol. The highest BCUT2D eigenvalue weighted by Crippen LogP contribution is 2.19. The fourth-order valence-corrected chi connectivity index (χ4v) is 1.88. The second-order valence-electron chi connectivity index (χ2n) is 4.70. The molecule has 15 heavy (non-hydrogen) atoms. The van der Waals surface area contributed by atoms with Crippen LogP contribution in [-0.4, -0.2) is 47.8 Å². The van der Waals surface area contributed by atoms with Crippen molar-refractivity contribution >= 4 is 5.97 Å². The van der Waals surface area contributed by atoms with Crippen LogP contribution in [0.3, 0.4) is 0 Å². The highest BCUT2D eigenvalue weighted by atomic mass is 16.5. The van der Waals surface area contributed by atoms with Crippen LogP contribution < -0.4 is 0 Å². The summed E-state index contributed by atoms with van der Waals surface area (Å²) in [5.41, 5.74) is 0.0987. The largest absolute Gasteiger partial charge is 0.481 e. The second-order valence-corrected chi connectivity index (χ2v) is 4.70. The summed E-state index contributed by atoms with van der Waals surface area (Å²) in [5.74, 6) is -0.698. The highest BCUT2D eigenvalue weighted by Gasteiger charge is 2.29. The molecule has 4 heteroatoms. The molecule has 0 aromatic carbocycles. The Labute approximate surface area is 91.2 Å². The molecule has 0 unspecified atom stereocenters. The molecule has 1 heterocycles. The number of hydrogen-bond acceptors (Lipinski definition) is 3. The molecule has 0 bridgehead atoms. The average Bonchev–Trinajstić information content (AvgIpc) is 2.13. The smallest absolute Gasteiger partial charge is 0.303 e. The van der Waals surface area contributed by atoms with Crippen LogP contribution in [0.15, 0.2) is 0 Å². The molecule has 1 aliphatic rings. The van der Waals surface area contributed by atoms with E-state index in [4.69, 9.17) is 9.84 Å². The summed E-state index contributed by atoms with van der Waals surface area (Å²) < 4.78 is 5.42. The van der Waals surface area contributed by atoms with Gasteiger partial charge in [-0.15, -0.1) is 0 Å². The Hall–Kier alpha value is -0.610. The van der Waals surface area contributed by atoms with Gasteiger partial charge in [-0.25, -0.2) is 0 Å². The number of carbonyl (C=O) groups is 1. The van der Waals surface area contributed by atoms with E-state index in [2.05, 4.69) is 18.7 Å². The van der Waals surface area contributed by atoms with Crippen molar-refractivity contribution < 1.29 is 14.6 Å². The lowest BCUT2D eigenvalue weighted by Crippen LogP contribution is -2.53. The minimum Gasteiger partial charge on any atom is -0.481 e. The third-order valence-electron chi connectivity index (χ3n) is 2.89. The number of ether oxygens (including phenoxy) is 1. The van der Waals surface area contributed by atoms with Crippen LogP contribution in [0.2, 0.25) is 0 Å². The number of nitrogens with zero attached hydrogens (tertiary/aromatic N) is 1. The van der Waals surface area contributed by atoms with Gasteiger partial charge in [-0.05, 0) is 33.2 Å². The van der Waals surface area contributed by atoms with Crippen LogP contribution >= 0.6 is 0 Å². The van der Waals surface area contributed by atoms with Crippen molar-refractivity contribution in [1.29, 1.82) is 0 Å². The lowest BCUT2D eigenvalue weighted by Gasteiger charge is -2.42. The lowest BCUT2D eigenvalue weighted by molar-refractivity contribution is -0.137. The number of carboxylic acids is 1. The van der Waals surface area contributed by atoms with E-state index in [-0.39, 0.29) is 12.0 Å². The van der Waals surface area contributed by atoms with Gasteiger partial charge in [-0.3, -0.25) is 9.69 Å². The highest BCUT2D eigenvalue weighted by molar-refractivity contribution is 5.66. The summed E-state index contributed by atoms with van der Waals surface area (Å²) in [4.78, 5) is 12.7. The Morgan fingerprint density at radius 1 is 1.47 bits per heavy atom. The van der Waals surface area contributed by atoms with Gasteiger partial charge in [-0.1, -0.05) is 0 Å². The summed E-state index contributed by atoms with van der Waals surface area (Å²) in [6.07, 6.45) is 2.00. The Balaban J connectivity index is 2.21. The van der Waals surface area contributed by atoms with E-state index in [9.17, 15) is 4.79 Å². The van der Waals surface area contributed by atoms with E-state index >= 15 is 0 Å². The van der Waals surface area contributed by atoms with Gasteiger partial charge >= 0.3 is 5.97 Å². The van der Waals surface area contributed by atoms with Gasteiger partial charge in [0.2, 0.25) is 0 Å². The van der Waals surface area contributed by atoms with Crippen molar-refractivity contribution in [3.8, 4) is 0 Å². The van der Waals surface area contributed by atoms with Gasteiger partial charge in [0.25, 0.3) is 0 Å². The van der Waals surface area contributed by atoms with Gasteiger partial charge < -0.3 is 9.84 Å². The summed E-state index contributed by atoms with van der Waals surface area (Å²) in [7, 11) is 0. The van der Waals surface area contributed by atoms with Gasteiger partial charge in [-0.2, -0.15) is 0 Å². The van der Waals surface area contributed by atoms with Crippen LogP contribution in [0.5, 0.6) is 0 Å². The molecule has 0 spiro atoms. The Morgan fingerprint density at radius 2 is 2.20 bits per heavy atom. The Morgan fingerprint density at radius 3 is 2.80 bits per heavy atom. The van der Waals surface area contributed by atoms with E-state index in [0.29, 0.717) is 0 Å². The minimum absolute atomic E-state index is 0.0987. The third kappa shape index (κ3) is 4.18. The molecule has 0 aromatic rings. The zero-order valence-corrected chi connectivity index (χ0v) is 9.66. The fourth-order valence-electron chi connectivity index (χ4n) is 1.88. The van der Waals surface area contributed by atoms with Crippen LogP contribution in [0.25, 0.3) is 0 Å². The topological polar surface area (TPSA) is 49.8 Å². The van der Waals surface area contributed by atoms with Crippen molar-refractivity contribution in [1.82, 2.24) is 4.90 Å². The van der Waals surface area contributed by atoms with E-state index in [1.54, 1.807) is 0 Å². The first-order chi connectivity index (χ1) is 7.02. The molecule has 1 aliphatic heterocycles. The fraction of sp³-hybridized carbons (Fsp3) is 0.909. The van der Waals surface area contributed by atoms with Gasteiger partial charge in [0.05, 0.1) is 13.2 Å². The molecule has 0 amide bonds. The summed E-state index contributed by atoms with van der Waals surface area (Å²) in [5, 5.41) is 8.52. The maximum Gasteiger partial charge on any atom is 0.303 e. The van der Waals surface area contributed by atoms with Crippen molar-refractivity contribution in [2.45, 2.75) is 38.6 Å². The minimum atomic E-state index is -0.698. The molecule has 1 saturated heterocycles. The Bertz CT molecular complexity index is 216. The molecule has 0 aliphatic carbocycles. The lowest BCUT2D eigenvalue weighted by atomic mass is 10.0. The maximum absolute atomic E-state index is 10.3. The third-order valence-corrected chi connectivity index (χ3v) is 2.89. The van der Waals surface area contributed by atoms with E-state index < -0.39 is 5.97 Å². The zero-order valence-electron chi connectivity index (χ0n) is 9.66. The van der Waals surface area contributed by atoms with Crippen LogP contribution in [-0.2, 0) is 9.53 Å². The van der Waals surface area contributed by atoms with Crippen molar-refractivity contribution in [3.05, 3.63) is 0 Å². The van der Waals surface area contributed by atoms with Crippen LogP contribution in [0.4, 0.5) is 0 Å². The van der Waals surface area contributed by atoms with Crippen molar-refractivity contribution in [2.24, 2.45) is 0 Å². The standard InChI is InChI=1S/C11H21NO3/c1-11(2)9-15-8-7-12(11)6-4-3-5-10(13)14/h3-9H2,1-2H3,(H,13,14). The molecule has 0 saturated carbocycles. The predicted molar refractivity (Wildman–Crippen MR) is 58.0 cm³/mol. The number of hydrogen-bond donors (Lipinski definition) is 1. The van der Waals surface area contributed by atoms with Crippen molar-refractivity contribution in [3.63, 3.8) is 0 Å². The maximum atomic E-state index is 10.3. The molecule has 88 valence electrons. The molecular formula is C11H21NO3. The number of morpholine rings is 1. The molecule has 4 nitrogen and oxygen atoms in total.